The summed E-state index contributed by atoms with van der Waals surface area (Å²) in [4.78, 5) is 11.0. The molecule has 0 aliphatic carbocycles. The van der Waals surface area contributed by atoms with Gasteiger partial charge in [-0.1, -0.05) is 29.3 Å². The summed E-state index contributed by atoms with van der Waals surface area (Å²) < 4.78 is 4.97. The standard InChI is InChI=1S/C9H17BrO2/c1-2-3-8-12-9(11)6-4-5-7-10/h2-8H2,1H3. The molecule has 0 spiro atoms. The fourth-order valence-electron chi connectivity index (χ4n) is 0.766. The molecule has 0 heterocycles. The highest BCUT2D eigenvalue weighted by molar-refractivity contribution is 9.09. The molecule has 0 aromatic carbocycles. The van der Waals surface area contributed by atoms with Gasteiger partial charge in [-0.3, -0.25) is 4.79 Å². The van der Waals surface area contributed by atoms with E-state index in [4.69, 9.17) is 4.74 Å². The minimum absolute atomic E-state index is 0.0515. The molecule has 72 valence electrons. The Morgan fingerprint density at radius 2 is 2.08 bits per heavy atom. The zero-order valence-corrected chi connectivity index (χ0v) is 9.23. The van der Waals surface area contributed by atoms with Crippen molar-refractivity contribution >= 4 is 21.9 Å². The van der Waals surface area contributed by atoms with E-state index >= 15 is 0 Å². The molecule has 0 amide bonds. The minimum atomic E-state index is -0.0515. The van der Waals surface area contributed by atoms with Crippen molar-refractivity contribution in [3.05, 3.63) is 0 Å². The monoisotopic (exact) mass is 236 g/mol. The molecule has 0 bridgehead atoms. The van der Waals surface area contributed by atoms with E-state index in [9.17, 15) is 4.79 Å². The summed E-state index contributed by atoms with van der Waals surface area (Å²) in [6.07, 6.45) is 4.59. The maximum Gasteiger partial charge on any atom is 0.305 e. The highest BCUT2D eigenvalue weighted by Crippen LogP contribution is 2.00. The van der Waals surface area contributed by atoms with Crippen LogP contribution in [0.2, 0.25) is 0 Å². The molecule has 0 unspecified atom stereocenters. The molecule has 0 aliphatic heterocycles. The quantitative estimate of drug-likeness (QED) is 0.386. The first-order chi connectivity index (χ1) is 5.81. The van der Waals surface area contributed by atoms with Gasteiger partial charge in [-0.15, -0.1) is 0 Å². The zero-order chi connectivity index (χ0) is 9.23. The SMILES string of the molecule is CCCCOC(=O)CCCCBr. The van der Waals surface area contributed by atoms with E-state index in [1.54, 1.807) is 0 Å². The van der Waals surface area contributed by atoms with Gasteiger partial charge in [0.05, 0.1) is 6.61 Å². The van der Waals surface area contributed by atoms with Crippen molar-refractivity contribution < 1.29 is 9.53 Å². The van der Waals surface area contributed by atoms with Crippen molar-refractivity contribution in [3.8, 4) is 0 Å². The predicted molar refractivity (Wildman–Crippen MR) is 53.5 cm³/mol. The Hall–Kier alpha value is -0.0500. The number of hydrogen-bond donors (Lipinski definition) is 0. The molecule has 0 rings (SSSR count). The summed E-state index contributed by atoms with van der Waals surface area (Å²) in [7, 11) is 0. The Morgan fingerprint density at radius 1 is 1.33 bits per heavy atom. The molecule has 0 N–H and O–H groups in total. The Balaban J connectivity index is 3.10. The lowest BCUT2D eigenvalue weighted by atomic mass is 10.2. The van der Waals surface area contributed by atoms with E-state index in [0.717, 1.165) is 31.0 Å². The fourth-order valence-corrected chi connectivity index (χ4v) is 1.16. The van der Waals surface area contributed by atoms with Crippen LogP contribution in [0.3, 0.4) is 0 Å². The first kappa shape index (κ1) is 11.9. The lowest BCUT2D eigenvalue weighted by molar-refractivity contribution is -0.143. The molecular formula is C9H17BrO2. The third-order valence-electron chi connectivity index (χ3n) is 1.53. The topological polar surface area (TPSA) is 26.3 Å². The molecule has 2 nitrogen and oxygen atoms in total. The van der Waals surface area contributed by atoms with Crippen LogP contribution in [0.4, 0.5) is 0 Å². The number of alkyl halides is 1. The molecule has 0 aromatic heterocycles. The molecule has 0 aliphatic rings. The Kier molecular flexibility index (Phi) is 9.00. The number of carbonyl (C=O) groups excluding carboxylic acids is 1. The second-order valence-electron chi connectivity index (χ2n) is 2.72. The van der Waals surface area contributed by atoms with Gasteiger partial charge in [0, 0.05) is 11.8 Å². The summed E-state index contributed by atoms with van der Waals surface area (Å²) in [5.74, 6) is -0.0515. The van der Waals surface area contributed by atoms with Crippen LogP contribution < -0.4 is 0 Å². The van der Waals surface area contributed by atoms with Gasteiger partial charge in [0.25, 0.3) is 0 Å². The number of hydrogen-bond acceptors (Lipinski definition) is 2. The molecule has 3 heteroatoms. The molecule has 12 heavy (non-hydrogen) atoms. The maximum atomic E-state index is 11.0. The second kappa shape index (κ2) is 9.04. The van der Waals surface area contributed by atoms with Crippen molar-refractivity contribution in [2.45, 2.75) is 39.0 Å². The number of ether oxygens (including phenoxy) is 1. The number of carbonyl (C=O) groups is 1. The minimum Gasteiger partial charge on any atom is -0.466 e. The zero-order valence-electron chi connectivity index (χ0n) is 7.64. The van der Waals surface area contributed by atoms with Gasteiger partial charge in [0.1, 0.15) is 0 Å². The van der Waals surface area contributed by atoms with Gasteiger partial charge < -0.3 is 4.74 Å². The van der Waals surface area contributed by atoms with E-state index in [2.05, 4.69) is 22.9 Å². The number of rotatable bonds is 7. The van der Waals surface area contributed by atoms with Crippen molar-refractivity contribution in [1.29, 1.82) is 0 Å². The average molecular weight is 237 g/mol. The van der Waals surface area contributed by atoms with E-state index in [0.29, 0.717) is 13.0 Å². The third kappa shape index (κ3) is 8.05. The van der Waals surface area contributed by atoms with Crippen LogP contribution in [0.25, 0.3) is 0 Å². The second-order valence-corrected chi connectivity index (χ2v) is 3.51. The smallest absolute Gasteiger partial charge is 0.305 e. The summed E-state index contributed by atoms with van der Waals surface area (Å²) in [5, 5.41) is 0.968. The first-order valence-corrected chi connectivity index (χ1v) is 5.65. The van der Waals surface area contributed by atoms with E-state index in [1.165, 1.54) is 0 Å². The lowest BCUT2D eigenvalue weighted by Crippen LogP contribution is -2.05. The molecule has 0 saturated heterocycles. The van der Waals surface area contributed by atoms with Crippen molar-refractivity contribution in [2.75, 3.05) is 11.9 Å². The fraction of sp³-hybridized carbons (Fsp3) is 0.889. The van der Waals surface area contributed by atoms with E-state index in [1.807, 2.05) is 0 Å². The van der Waals surface area contributed by atoms with Crippen LogP contribution in [0, 0.1) is 0 Å². The van der Waals surface area contributed by atoms with Crippen molar-refractivity contribution in [2.24, 2.45) is 0 Å². The van der Waals surface area contributed by atoms with Crippen LogP contribution in [-0.2, 0) is 9.53 Å². The molecule has 0 saturated carbocycles. The molecule has 0 radical (unpaired) electrons. The van der Waals surface area contributed by atoms with Gasteiger partial charge in [-0.25, -0.2) is 0 Å². The van der Waals surface area contributed by atoms with Gasteiger partial charge in [0.15, 0.2) is 0 Å². The van der Waals surface area contributed by atoms with Gasteiger partial charge in [-0.2, -0.15) is 0 Å². The first-order valence-electron chi connectivity index (χ1n) is 4.52. The largest absolute Gasteiger partial charge is 0.466 e. The normalized spacial score (nSPS) is 9.83. The van der Waals surface area contributed by atoms with Gasteiger partial charge in [0.2, 0.25) is 0 Å². The molecule has 0 aromatic rings. The van der Waals surface area contributed by atoms with Crippen LogP contribution in [0.15, 0.2) is 0 Å². The average Bonchev–Trinajstić information content (AvgIpc) is 2.06. The predicted octanol–water partition coefficient (Wildman–Crippen LogP) is 2.89. The van der Waals surface area contributed by atoms with Gasteiger partial charge in [-0.05, 0) is 19.3 Å². The molecule has 0 fully saturated rings. The third-order valence-corrected chi connectivity index (χ3v) is 2.09. The Bertz CT molecular complexity index is 103. The van der Waals surface area contributed by atoms with Crippen LogP contribution in [-0.4, -0.2) is 17.9 Å². The van der Waals surface area contributed by atoms with Crippen molar-refractivity contribution in [3.63, 3.8) is 0 Å². The Labute approximate surface area is 82.8 Å². The summed E-state index contributed by atoms with van der Waals surface area (Å²) in [6.45, 7) is 2.67. The number of unbranched alkanes of at least 4 members (excludes halogenated alkanes) is 2. The highest BCUT2D eigenvalue weighted by Gasteiger charge is 2.00. The Morgan fingerprint density at radius 3 is 2.67 bits per heavy atom. The number of halogens is 1. The van der Waals surface area contributed by atoms with Crippen LogP contribution >= 0.6 is 15.9 Å². The summed E-state index contributed by atoms with van der Waals surface area (Å²) in [6, 6.07) is 0. The van der Waals surface area contributed by atoms with Crippen LogP contribution in [0.5, 0.6) is 0 Å². The van der Waals surface area contributed by atoms with Crippen molar-refractivity contribution in [1.82, 2.24) is 0 Å². The summed E-state index contributed by atoms with van der Waals surface area (Å²) >= 11 is 3.31. The van der Waals surface area contributed by atoms with Crippen LogP contribution in [0.1, 0.15) is 39.0 Å². The maximum absolute atomic E-state index is 11.0. The number of esters is 1. The van der Waals surface area contributed by atoms with Gasteiger partial charge >= 0.3 is 5.97 Å². The van der Waals surface area contributed by atoms with E-state index in [-0.39, 0.29) is 5.97 Å². The highest BCUT2D eigenvalue weighted by atomic mass is 79.9. The summed E-state index contributed by atoms with van der Waals surface area (Å²) in [5.41, 5.74) is 0. The molecule has 0 atom stereocenters. The lowest BCUT2D eigenvalue weighted by Gasteiger charge is -2.02. The molecular weight excluding hydrogens is 220 g/mol. The van der Waals surface area contributed by atoms with E-state index < -0.39 is 0 Å².